The minimum atomic E-state index is -3.48. The molecule has 2 aromatic rings. The lowest BCUT2D eigenvalue weighted by Crippen LogP contribution is -2.50. The van der Waals surface area contributed by atoms with Crippen LogP contribution in [0.2, 0.25) is 0 Å². The third-order valence-electron chi connectivity index (χ3n) is 4.62. The van der Waals surface area contributed by atoms with Gasteiger partial charge in [-0.3, -0.25) is 14.3 Å². The highest BCUT2D eigenvalue weighted by molar-refractivity contribution is 7.92. The first-order chi connectivity index (χ1) is 14.3. The first-order valence-corrected chi connectivity index (χ1v) is 11.9. The van der Waals surface area contributed by atoms with Crippen molar-refractivity contribution in [2.24, 2.45) is 0 Å². The number of amides is 2. The van der Waals surface area contributed by atoms with E-state index in [-0.39, 0.29) is 29.0 Å². The number of ether oxygens (including phenoxy) is 1. The molecule has 1 aromatic heterocycles. The van der Waals surface area contributed by atoms with Crippen molar-refractivity contribution in [1.82, 2.24) is 19.4 Å². The molecule has 0 saturated carbocycles. The summed E-state index contributed by atoms with van der Waals surface area (Å²) in [4.78, 5) is 28.5. The number of piperazine rings is 1. The third-order valence-corrected chi connectivity index (χ3v) is 6.60. The van der Waals surface area contributed by atoms with Crippen molar-refractivity contribution in [3.05, 3.63) is 34.8 Å². The minimum absolute atomic E-state index is 0.00318. The summed E-state index contributed by atoms with van der Waals surface area (Å²) < 4.78 is 35.5. The summed E-state index contributed by atoms with van der Waals surface area (Å²) in [6.45, 7) is 3.34. The van der Waals surface area contributed by atoms with E-state index in [0.717, 1.165) is 11.5 Å². The molecule has 0 aliphatic carbocycles. The summed E-state index contributed by atoms with van der Waals surface area (Å²) >= 11 is 1.12. The number of carbonyl (C=O) groups is 2. The normalized spacial score (nSPS) is 14.5. The summed E-state index contributed by atoms with van der Waals surface area (Å²) in [5.41, 5.74) is 0.981. The molecule has 0 unspecified atom stereocenters. The first-order valence-electron chi connectivity index (χ1n) is 9.38. The molecule has 1 fully saturated rings. The van der Waals surface area contributed by atoms with Gasteiger partial charge in [-0.15, -0.1) is 5.10 Å². The van der Waals surface area contributed by atoms with Crippen LogP contribution < -0.4 is 9.46 Å². The van der Waals surface area contributed by atoms with E-state index in [2.05, 4.69) is 14.3 Å². The zero-order valence-corrected chi connectivity index (χ0v) is 18.3. The van der Waals surface area contributed by atoms with E-state index in [4.69, 9.17) is 4.74 Å². The third kappa shape index (κ3) is 5.05. The lowest BCUT2D eigenvalue weighted by Gasteiger charge is -2.34. The van der Waals surface area contributed by atoms with Crippen LogP contribution in [0.5, 0.6) is 5.75 Å². The number of benzene rings is 1. The quantitative estimate of drug-likeness (QED) is 0.670. The van der Waals surface area contributed by atoms with Crippen LogP contribution in [0, 0.1) is 0 Å². The van der Waals surface area contributed by atoms with Gasteiger partial charge in [0.1, 0.15) is 5.75 Å². The Morgan fingerprint density at radius 2 is 1.83 bits per heavy atom. The number of sulfonamides is 1. The van der Waals surface area contributed by atoms with Gasteiger partial charge in [0, 0.05) is 37.1 Å². The maximum atomic E-state index is 12.9. The molecule has 1 aliphatic heterocycles. The maximum Gasteiger partial charge on any atom is 0.275 e. The fourth-order valence-corrected chi connectivity index (χ4v) is 4.68. The minimum Gasteiger partial charge on any atom is -0.495 e. The average molecular weight is 454 g/mol. The lowest BCUT2D eigenvalue weighted by atomic mass is 10.1. The molecule has 0 bridgehead atoms. The molecule has 30 heavy (non-hydrogen) atoms. The molecule has 2 heterocycles. The molecular formula is C18H23N5O5S2. The molecule has 12 heteroatoms. The Labute approximate surface area is 179 Å². The Hall–Kier alpha value is -2.73. The van der Waals surface area contributed by atoms with Crippen LogP contribution in [0.25, 0.3) is 0 Å². The topological polar surface area (TPSA) is 122 Å². The molecule has 3 rings (SSSR count). The second kappa shape index (κ2) is 9.39. The Bertz CT molecular complexity index is 1000. The Morgan fingerprint density at radius 1 is 1.17 bits per heavy atom. The average Bonchev–Trinajstić information content (AvgIpc) is 3.27. The van der Waals surface area contributed by atoms with Gasteiger partial charge in [-0.1, -0.05) is 11.4 Å². The van der Waals surface area contributed by atoms with E-state index >= 15 is 0 Å². The fraction of sp³-hybridized carbons (Fsp3) is 0.444. The Kier molecular flexibility index (Phi) is 6.87. The maximum absolute atomic E-state index is 12.9. The lowest BCUT2D eigenvalue weighted by molar-refractivity contribution is 0.0532. The summed E-state index contributed by atoms with van der Waals surface area (Å²) in [7, 11) is -2.06. The summed E-state index contributed by atoms with van der Waals surface area (Å²) in [6.07, 6.45) is 0.488. The zero-order valence-electron chi connectivity index (χ0n) is 16.7. The molecule has 162 valence electrons. The van der Waals surface area contributed by atoms with Gasteiger partial charge in [-0.05, 0) is 36.2 Å². The fourth-order valence-electron chi connectivity index (χ4n) is 3.11. The van der Waals surface area contributed by atoms with Gasteiger partial charge in [0.15, 0.2) is 5.69 Å². The highest BCUT2D eigenvalue weighted by Gasteiger charge is 2.27. The van der Waals surface area contributed by atoms with Gasteiger partial charge >= 0.3 is 0 Å². The Morgan fingerprint density at radius 3 is 2.40 bits per heavy atom. The van der Waals surface area contributed by atoms with Crippen LogP contribution in [0.1, 0.15) is 34.2 Å². The van der Waals surface area contributed by atoms with Crippen molar-refractivity contribution in [2.45, 2.75) is 13.3 Å². The number of carbonyl (C=O) groups excluding carboxylic acids is 2. The van der Waals surface area contributed by atoms with Gasteiger partial charge in [-0.25, -0.2) is 8.42 Å². The van der Waals surface area contributed by atoms with Gasteiger partial charge in [-0.2, -0.15) is 0 Å². The number of aromatic nitrogens is 2. The van der Waals surface area contributed by atoms with Gasteiger partial charge in [0.2, 0.25) is 10.0 Å². The predicted octanol–water partition coefficient (Wildman–Crippen LogP) is 1.30. The number of nitrogens with zero attached hydrogens (tertiary/aromatic N) is 4. The van der Waals surface area contributed by atoms with Crippen LogP contribution in [0.3, 0.4) is 0 Å². The summed E-state index contributed by atoms with van der Waals surface area (Å²) in [6, 6.07) is 4.60. The number of rotatable bonds is 7. The largest absolute Gasteiger partial charge is 0.495 e. The van der Waals surface area contributed by atoms with Crippen LogP contribution in [-0.4, -0.2) is 78.7 Å². The molecular weight excluding hydrogens is 430 g/mol. The van der Waals surface area contributed by atoms with E-state index in [1.54, 1.807) is 28.2 Å². The number of nitrogens with one attached hydrogen (secondary N) is 1. The van der Waals surface area contributed by atoms with Crippen LogP contribution in [-0.2, 0) is 10.0 Å². The highest BCUT2D eigenvalue weighted by atomic mass is 32.2. The highest BCUT2D eigenvalue weighted by Crippen LogP contribution is 2.27. The van der Waals surface area contributed by atoms with Gasteiger partial charge < -0.3 is 14.5 Å². The molecule has 1 saturated heterocycles. The van der Waals surface area contributed by atoms with Crippen molar-refractivity contribution >= 4 is 39.1 Å². The van der Waals surface area contributed by atoms with E-state index in [1.165, 1.54) is 19.2 Å². The van der Waals surface area contributed by atoms with E-state index in [9.17, 15) is 18.0 Å². The second-order valence-corrected chi connectivity index (χ2v) is 9.16. The molecule has 0 spiro atoms. The molecule has 2 amide bonds. The summed E-state index contributed by atoms with van der Waals surface area (Å²) in [5, 5.41) is 5.39. The molecule has 1 aliphatic rings. The van der Waals surface area contributed by atoms with Crippen molar-refractivity contribution < 1.29 is 22.7 Å². The van der Waals surface area contributed by atoms with Crippen LogP contribution in [0.4, 0.5) is 5.69 Å². The van der Waals surface area contributed by atoms with E-state index in [0.29, 0.717) is 43.9 Å². The standard InChI is InChI=1S/C18H23N5O5S2/c1-3-10-30(26,27)20-14-5-4-13(11-16(14)28-2)17(24)22-6-8-23(9-7-22)18(25)15-12-29-21-19-15/h4-5,11-12,20H,3,6-10H2,1-2H3. The van der Waals surface area contributed by atoms with Crippen molar-refractivity contribution in [1.29, 1.82) is 0 Å². The number of hydrogen-bond donors (Lipinski definition) is 1. The van der Waals surface area contributed by atoms with E-state index in [1.807, 2.05) is 0 Å². The molecule has 10 nitrogen and oxygen atoms in total. The SMILES string of the molecule is CCCS(=O)(=O)Nc1ccc(C(=O)N2CCN(C(=O)c3csnn3)CC2)cc1OC. The molecule has 1 N–H and O–H groups in total. The van der Waals surface area contributed by atoms with Gasteiger partial charge in [0.25, 0.3) is 11.8 Å². The zero-order chi connectivity index (χ0) is 21.7. The molecule has 0 radical (unpaired) electrons. The van der Waals surface area contributed by atoms with Crippen molar-refractivity contribution in [3.63, 3.8) is 0 Å². The first kappa shape index (κ1) is 22.0. The smallest absolute Gasteiger partial charge is 0.275 e. The summed E-state index contributed by atoms with van der Waals surface area (Å²) in [5.74, 6) is -0.137. The van der Waals surface area contributed by atoms with Crippen LogP contribution >= 0.6 is 11.5 Å². The van der Waals surface area contributed by atoms with Crippen LogP contribution in [0.15, 0.2) is 23.6 Å². The number of methoxy groups -OCH3 is 1. The van der Waals surface area contributed by atoms with Gasteiger partial charge in [0.05, 0.1) is 18.6 Å². The predicted molar refractivity (Wildman–Crippen MR) is 112 cm³/mol. The second-order valence-electron chi connectivity index (χ2n) is 6.71. The number of anilines is 1. The van der Waals surface area contributed by atoms with Crippen molar-refractivity contribution in [3.8, 4) is 5.75 Å². The molecule has 1 aromatic carbocycles. The van der Waals surface area contributed by atoms with Crippen molar-refractivity contribution in [2.75, 3.05) is 43.8 Å². The molecule has 0 atom stereocenters. The Balaban J connectivity index is 1.66. The number of hydrogen-bond acceptors (Lipinski definition) is 8. The van der Waals surface area contributed by atoms with E-state index < -0.39 is 10.0 Å². The monoisotopic (exact) mass is 453 g/mol.